The van der Waals surface area contributed by atoms with Crippen molar-refractivity contribution < 1.29 is 0 Å². The molecule has 148 valence electrons. The first kappa shape index (κ1) is 20.9. The highest BCUT2D eigenvalue weighted by Gasteiger charge is 2.73. The van der Waals surface area contributed by atoms with Crippen molar-refractivity contribution in [3.05, 3.63) is 11.6 Å². The van der Waals surface area contributed by atoms with Gasteiger partial charge in [-0.25, -0.2) is 0 Å². The van der Waals surface area contributed by atoms with E-state index >= 15 is 0 Å². The van der Waals surface area contributed by atoms with Crippen molar-refractivity contribution >= 4 is 63.7 Å². The Morgan fingerprint density at radius 2 is 1.54 bits per heavy atom. The van der Waals surface area contributed by atoms with Crippen molar-refractivity contribution in [2.45, 2.75) is 79.6 Å². The summed E-state index contributed by atoms with van der Waals surface area (Å²) in [5.41, 5.74) is 3.05. The number of halogens is 4. The van der Waals surface area contributed by atoms with Crippen molar-refractivity contribution in [1.29, 1.82) is 0 Å². The third-order valence-corrected chi connectivity index (χ3v) is 15.3. The quantitative estimate of drug-likeness (QED) is 0.207. The van der Waals surface area contributed by atoms with Crippen LogP contribution in [0.3, 0.4) is 0 Å². The molecule has 0 aromatic heterocycles. The lowest BCUT2D eigenvalue weighted by atomic mass is 9.48. The summed E-state index contributed by atoms with van der Waals surface area (Å²) in [4.78, 5) is 0. The van der Waals surface area contributed by atoms with Gasteiger partial charge in [-0.05, 0) is 78.4 Å². The molecule has 0 saturated heterocycles. The highest BCUT2D eigenvalue weighted by molar-refractivity contribution is 9.26. The summed E-state index contributed by atoms with van der Waals surface area (Å²) in [5, 5.41) is 0. The fraction of sp³-hybridized carbons (Fsp3) is 0.909. The highest BCUT2D eigenvalue weighted by atomic mass is 79.9. The molecule has 3 unspecified atom stereocenters. The maximum atomic E-state index is 4.05. The molecule has 0 radical (unpaired) electrons. The molecule has 0 aliphatic heterocycles. The second-order valence-corrected chi connectivity index (χ2v) is 18.0. The van der Waals surface area contributed by atoms with E-state index < -0.39 is 0 Å². The summed E-state index contributed by atoms with van der Waals surface area (Å²) >= 11 is 15.9. The molecule has 26 heavy (non-hydrogen) atoms. The Bertz CT molecular complexity index is 631. The van der Waals surface area contributed by atoms with Gasteiger partial charge < -0.3 is 0 Å². The summed E-state index contributed by atoms with van der Waals surface area (Å²) in [6, 6.07) is 0. The molecule has 5 aliphatic carbocycles. The molecule has 3 fully saturated rings. The predicted octanol–water partition coefficient (Wildman–Crippen LogP) is 8.80. The number of rotatable bonds is 6. The average Bonchev–Trinajstić information content (AvgIpc) is 3.14. The predicted molar refractivity (Wildman–Crippen MR) is 127 cm³/mol. The average molecular weight is 616 g/mol. The van der Waals surface area contributed by atoms with E-state index in [1.807, 2.05) is 0 Å². The van der Waals surface area contributed by atoms with Gasteiger partial charge >= 0.3 is 0 Å². The monoisotopic (exact) mass is 612 g/mol. The van der Waals surface area contributed by atoms with Crippen molar-refractivity contribution in [3.63, 3.8) is 0 Å². The van der Waals surface area contributed by atoms with E-state index in [9.17, 15) is 0 Å². The first-order valence-electron chi connectivity index (χ1n) is 10.2. The largest absolute Gasteiger partial charge is 0.0896 e. The van der Waals surface area contributed by atoms with Gasteiger partial charge in [0.15, 0.2) is 0 Å². The molecule has 0 nitrogen and oxygen atoms in total. The van der Waals surface area contributed by atoms with Gasteiger partial charge in [0, 0.05) is 0 Å². The van der Waals surface area contributed by atoms with Crippen LogP contribution in [0.25, 0.3) is 0 Å². The zero-order chi connectivity index (χ0) is 19.3. The SMILES string of the molecule is CC1(C)[C@@H]2CC=C(CCC3C(Br)(Br)C3(C)CCC3C(C)(C)C3(Br)Br)[C@H]1C2. The second-order valence-electron chi connectivity index (χ2n) is 10.9. The Balaban J connectivity index is 1.34. The van der Waals surface area contributed by atoms with Gasteiger partial charge in [0.25, 0.3) is 0 Å². The zero-order valence-electron chi connectivity index (χ0n) is 16.6. The second kappa shape index (κ2) is 6.10. The van der Waals surface area contributed by atoms with E-state index in [2.05, 4.69) is 104 Å². The lowest BCUT2D eigenvalue weighted by Gasteiger charge is -2.56. The van der Waals surface area contributed by atoms with Crippen molar-refractivity contribution in [2.24, 2.45) is 39.9 Å². The molecule has 0 amide bonds. The Kier molecular flexibility index (Phi) is 4.90. The van der Waals surface area contributed by atoms with Gasteiger partial charge in [0.05, 0.1) is 6.47 Å². The van der Waals surface area contributed by atoms with Crippen LogP contribution >= 0.6 is 63.7 Å². The van der Waals surface area contributed by atoms with Gasteiger partial charge in [-0.2, -0.15) is 0 Å². The molecule has 2 bridgehead atoms. The molecule has 5 aliphatic rings. The molecular formula is C22H32Br4. The molecule has 0 spiro atoms. The third-order valence-electron chi connectivity index (χ3n) is 9.23. The number of allylic oxidation sites excluding steroid dienone is 2. The standard InChI is InChI=1S/C22H32Br4/c1-18(2)14-8-6-13(15(18)12-14)7-9-17-20(5,22(17,25)26)11-10-16-19(3,4)21(16,23)24/h6,14-17H,7-12H2,1-5H3/t14-,15-,16?,17?,20?/m1/s1. The van der Waals surface area contributed by atoms with Gasteiger partial charge in [0.2, 0.25) is 0 Å². The van der Waals surface area contributed by atoms with Crippen LogP contribution in [0.2, 0.25) is 0 Å². The summed E-state index contributed by atoms with van der Waals surface area (Å²) in [5.74, 6) is 3.27. The summed E-state index contributed by atoms with van der Waals surface area (Å²) in [6.07, 6.45) is 10.6. The minimum absolute atomic E-state index is 0.139. The van der Waals surface area contributed by atoms with Crippen LogP contribution in [0, 0.1) is 39.9 Å². The molecular weight excluding hydrogens is 584 g/mol. The minimum Gasteiger partial charge on any atom is -0.0847 e. The number of alkyl halides is 4. The van der Waals surface area contributed by atoms with Crippen LogP contribution in [-0.4, -0.2) is 6.47 Å². The minimum atomic E-state index is 0.139. The van der Waals surface area contributed by atoms with Crippen molar-refractivity contribution in [3.8, 4) is 0 Å². The Morgan fingerprint density at radius 3 is 2.04 bits per heavy atom. The highest BCUT2D eigenvalue weighted by Crippen LogP contribution is 2.78. The van der Waals surface area contributed by atoms with E-state index in [1.165, 1.54) is 38.5 Å². The Morgan fingerprint density at radius 1 is 0.923 bits per heavy atom. The van der Waals surface area contributed by atoms with E-state index in [0.29, 0.717) is 16.2 Å². The molecule has 5 atom stereocenters. The summed E-state index contributed by atoms with van der Waals surface area (Å²) in [7, 11) is 0. The normalized spacial score (nSPS) is 45.5. The molecule has 3 saturated carbocycles. The first-order chi connectivity index (χ1) is 11.8. The summed E-state index contributed by atoms with van der Waals surface area (Å²) in [6.45, 7) is 12.2. The van der Waals surface area contributed by atoms with Gasteiger partial charge in [-0.1, -0.05) is 110 Å². The van der Waals surface area contributed by atoms with Crippen LogP contribution < -0.4 is 0 Å². The molecule has 5 rings (SSSR count). The first-order valence-corrected chi connectivity index (χ1v) is 13.4. The van der Waals surface area contributed by atoms with Crippen LogP contribution in [0.5, 0.6) is 0 Å². The van der Waals surface area contributed by atoms with Crippen LogP contribution in [0.4, 0.5) is 0 Å². The third kappa shape index (κ3) is 2.73. The molecule has 0 heterocycles. The molecule has 0 aromatic rings. The van der Waals surface area contributed by atoms with Crippen molar-refractivity contribution in [2.75, 3.05) is 0 Å². The van der Waals surface area contributed by atoms with E-state index in [4.69, 9.17) is 0 Å². The van der Waals surface area contributed by atoms with Crippen LogP contribution in [0.1, 0.15) is 73.1 Å². The van der Waals surface area contributed by atoms with E-state index in [1.54, 1.807) is 5.57 Å². The maximum absolute atomic E-state index is 4.05. The van der Waals surface area contributed by atoms with Gasteiger partial charge in [-0.3, -0.25) is 0 Å². The van der Waals surface area contributed by atoms with Gasteiger partial charge in [0.1, 0.15) is 0 Å². The number of hydrogen-bond acceptors (Lipinski definition) is 0. The fourth-order valence-electron chi connectivity index (χ4n) is 6.33. The van der Waals surface area contributed by atoms with Crippen LogP contribution in [0.15, 0.2) is 11.6 Å². The van der Waals surface area contributed by atoms with Gasteiger partial charge in [-0.15, -0.1) is 0 Å². The summed E-state index contributed by atoms with van der Waals surface area (Å²) < 4.78 is 0.286. The smallest absolute Gasteiger partial charge is 0.0847 e. The van der Waals surface area contributed by atoms with Crippen LogP contribution in [-0.2, 0) is 0 Å². The van der Waals surface area contributed by atoms with E-state index in [-0.39, 0.29) is 6.47 Å². The maximum Gasteiger partial charge on any atom is 0.0896 e. The topological polar surface area (TPSA) is 0 Å². The Labute approximate surface area is 193 Å². The number of hydrogen-bond donors (Lipinski definition) is 0. The number of fused-ring (bicyclic) bond motifs is 1. The lowest BCUT2D eigenvalue weighted by Crippen LogP contribution is -2.48. The lowest BCUT2D eigenvalue weighted by molar-refractivity contribution is -0.00854. The Hall–Kier alpha value is 1.66. The fourth-order valence-corrected chi connectivity index (χ4v) is 10.4. The van der Waals surface area contributed by atoms with Crippen molar-refractivity contribution in [1.82, 2.24) is 0 Å². The molecule has 0 aromatic carbocycles. The zero-order valence-corrected chi connectivity index (χ0v) is 23.0. The molecule has 4 heteroatoms. The molecule has 0 N–H and O–H groups in total. The van der Waals surface area contributed by atoms with E-state index in [0.717, 1.165) is 23.7 Å².